The fourth-order valence-electron chi connectivity index (χ4n) is 0. The van der Waals surface area contributed by atoms with Crippen molar-refractivity contribution in [2.75, 3.05) is 0 Å². The predicted molar refractivity (Wildman–Crippen MR) is 5.65 cm³/mol. The maximum absolute atomic E-state index is 8.00. The molecule has 0 aromatic rings. The van der Waals surface area contributed by atoms with Crippen molar-refractivity contribution in [3.63, 3.8) is 0 Å². The molecule has 0 heterocycles. The van der Waals surface area contributed by atoms with Crippen molar-refractivity contribution in [2.45, 2.75) is 0 Å². The summed E-state index contributed by atoms with van der Waals surface area (Å²) in [4.78, 5) is 0. The summed E-state index contributed by atoms with van der Waals surface area (Å²) in [6.45, 7) is 4.75. The van der Waals surface area contributed by atoms with E-state index in [1.807, 2.05) is 15.9 Å². The minimum absolute atomic E-state index is 0. The van der Waals surface area contributed by atoms with Crippen LogP contribution in [0.5, 0.6) is 0 Å². The van der Waals surface area contributed by atoms with Gasteiger partial charge in [-0.1, -0.05) is 0 Å². The molecule has 0 spiro atoms. The van der Waals surface area contributed by atoms with Crippen molar-refractivity contribution in [3.05, 3.63) is 6.57 Å². The van der Waals surface area contributed by atoms with Crippen LogP contribution in [-0.2, 0) is 19.8 Å². The van der Waals surface area contributed by atoms with Crippen molar-refractivity contribution in [2.24, 2.45) is 0 Å². The monoisotopic (exact) mass is 121 g/mol. The molecule has 24 valence electrons. The van der Waals surface area contributed by atoms with Gasteiger partial charge < -0.3 is 11.8 Å². The normalized spacial score (nSPS) is 1.40. The molecule has 2 nitrogen and oxygen atoms in total. The number of nitrogens with zero attached hydrogens (tertiary/aromatic N) is 1. The van der Waals surface area contributed by atoms with Crippen LogP contribution in [0.15, 0.2) is 0 Å². The summed E-state index contributed by atoms with van der Waals surface area (Å²) in [7, 11) is 0. The zero-order valence-corrected chi connectivity index (χ0v) is 5.81. The van der Waals surface area contributed by atoms with Crippen molar-refractivity contribution < 1.29 is 49.3 Å². The zero-order chi connectivity index (χ0) is 4.00. The Morgan fingerprint density at radius 1 is 1.40 bits per heavy atom. The molecule has 5 heavy (non-hydrogen) atoms. The molecular formula is CFeNNaO. The van der Waals surface area contributed by atoms with Crippen LogP contribution in [0, 0.1) is 11.8 Å². The van der Waals surface area contributed by atoms with Gasteiger partial charge in [0.1, 0.15) is 0 Å². The molecule has 0 aromatic carbocycles. The van der Waals surface area contributed by atoms with Crippen LogP contribution in [0.25, 0.3) is 0 Å². The second kappa shape index (κ2) is 107. The zero-order valence-electron chi connectivity index (χ0n) is 2.71. The first-order valence-electron chi connectivity index (χ1n) is 0.368. The van der Waals surface area contributed by atoms with Crippen molar-refractivity contribution >= 4 is 0 Å². The Morgan fingerprint density at radius 2 is 1.40 bits per heavy atom. The van der Waals surface area contributed by atoms with Gasteiger partial charge in [0.05, 0.1) is 0 Å². The summed E-state index contributed by atoms with van der Waals surface area (Å²) >= 11 is 2.00. The summed E-state index contributed by atoms with van der Waals surface area (Å²) in [6.07, 6.45) is 0. The van der Waals surface area contributed by atoms with Crippen LogP contribution < -0.4 is 29.6 Å². The van der Waals surface area contributed by atoms with Crippen LogP contribution in [0.1, 0.15) is 0 Å². The topological polar surface area (TPSA) is 40.9 Å². The van der Waals surface area contributed by atoms with E-state index in [1.165, 1.54) is 0 Å². The van der Waals surface area contributed by atoms with Crippen LogP contribution in [0.2, 0.25) is 0 Å². The van der Waals surface area contributed by atoms with E-state index in [-0.39, 0.29) is 29.6 Å². The van der Waals surface area contributed by atoms with Gasteiger partial charge in [0.15, 0.2) is 0 Å². The third-order valence-corrected chi connectivity index (χ3v) is 0. The Kier molecular flexibility index (Phi) is 363. The van der Waals surface area contributed by atoms with E-state index in [0.29, 0.717) is 0 Å². The number of hydrogen-bond acceptors (Lipinski definition) is 2. The molecule has 0 amide bonds. The number of rotatable bonds is 0. The standard InChI is InChI=1S/CN.Fe.Na.O/c1-2;;;/q-1;;+1;. The maximum atomic E-state index is 8.00. The van der Waals surface area contributed by atoms with Gasteiger partial charge in [0.25, 0.3) is 0 Å². The summed E-state index contributed by atoms with van der Waals surface area (Å²) in [5.74, 6) is 0. The summed E-state index contributed by atoms with van der Waals surface area (Å²) < 4.78 is 8.00. The second-order valence-corrected chi connectivity index (χ2v) is 0. The van der Waals surface area contributed by atoms with Crippen LogP contribution >= 0.6 is 0 Å². The average Bonchev–Trinajstić information content (AvgIpc) is 1.50. The van der Waals surface area contributed by atoms with Gasteiger partial charge in [0.2, 0.25) is 0 Å². The molecule has 0 aliphatic rings. The molecular weight excluding hydrogens is 121 g/mol. The van der Waals surface area contributed by atoms with E-state index in [9.17, 15) is 0 Å². The van der Waals surface area contributed by atoms with Crippen molar-refractivity contribution in [1.29, 1.82) is 5.26 Å². The Hall–Kier alpha value is 0.809. The van der Waals surface area contributed by atoms with Gasteiger partial charge in [-0.05, 0) is 0 Å². The molecule has 0 aromatic heterocycles. The summed E-state index contributed by atoms with van der Waals surface area (Å²) in [5.41, 5.74) is 0. The third-order valence-electron chi connectivity index (χ3n) is 0. The average molecular weight is 121 g/mol. The molecule has 0 saturated heterocycles. The van der Waals surface area contributed by atoms with E-state index in [2.05, 4.69) is 0 Å². The Balaban J connectivity index is -0.0000000133. The summed E-state index contributed by atoms with van der Waals surface area (Å²) in [5, 5.41) is 6.25. The van der Waals surface area contributed by atoms with Gasteiger partial charge in [-0.25, -0.2) is 0 Å². The van der Waals surface area contributed by atoms with Crippen molar-refractivity contribution in [1.82, 2.24) is 0 Å². The molecule has 0 atom stereocenters. The first-order chi connectivity index (χ1) is 2.00. The molecule has 0 N–H and O–H groups in total. The van der Waals surface area contributed by atoms with E-state index in [4.69, 9.17) is 15.7 Å². The molecule has 0 bridgehead atoms. The molecule has 0 aliphatic heterocycles. The Labute approximate surface area is 60.9 Å². The summed E-state index contributed by atoms with van der Waals surface area (Å²) in [6, 6.07) is 0. The molecule has 4 heteroatoms. The van der Waals surface area contributed by atoms with Gasteiger partial charge in [-0.15, -0.1) is 0 Å². The molecule has 0 rings (SSSR count). The third kappa shape index (κ3) is 57.9. The molecule has 0 fully saturated rings. The van der Waals surface area contributed by atoms with Gasteiger partial charge in [-0.2, -0.15) is 0 Å². The second-order valence-electron chi connectivity index (χ2n) is 0. The number of hydrogen-bond donors (Lipinski definition) is 0. The molecule has 0 radical (unpaired) electrons. The van der Waals surface area contributed by atoms with Crippen LogP contribution in [0.3, 0.4) is 0 Å². The van der Waals surface area contributed by atoms with Crippen molar-refractivity contribution in [3.8, 4) is 0 Å². The molecule has 0 saturated carbocycles. The van der Waals surface area contributed by atoms with E-state index in [1.54, 1.807) is 0 Å². The fourth-order valence-corrected chi connectivity index (χ4v) is 0. The minimum atomic E-state index is 0. The van der Waals surface area contributed by atoms with Gasteiger partial charge in [0, 0.05) is 0 Å². The van der Waals surface area contributed by atoms with Crippen LogP contribution in [-0.4, -0.2) is 0 Å². The van der Waals surface area contributed by atoms with E-state index >= 15 is 0 Å². The van der Waals surface area contributed by atoms with Crippen LogP contribution in [0.4, 0.5) is 0 Å². The SMILES string of the molecule is [C-]#N.[Na+].[O]=[Fe]. The first kappa shape index (κ1) is 17.0. The Morgan fingerprint density at radius 3 is 1.40 bits per heavy atom. The molecule has 0 unspecified atom stereocenters. The van der Waals surface area contributed by atoms with E-state index < -0.39 is 0 Å². The van der Waals surface area contributed by atoms with E-state index in [0.717, 1.165) is 0 Å². The van der Waals surface area contributed by atoms with Gasteiger partial charge >= 0.3 is 49.3 Å². The predicted octanol–water partition coefficient (Wildman–Crippen LogP) is -3.02. The quantitative estimate of drug-likeness (QED) is 0.252. The fraction of sp³-hybridized carbons (Fsp3) is 0. The Bertz CT molecular complexity index is 22.9. The molecule has 0 aliphatic carbocycles. The van der Waals surface area contributed by atoms with Gasteiger partial charge in [-0.3, -0.25) is 0 Å². The first-order valence-corrected chi connectivity index (χ1v) is 0.819.